The SMILES string of the molecule is CCOC(=O)C1(C(=O)Nc2ccc(C(C)(C)C)cc2)CC=CC2=C1OCCN2. The number of esters is 1. The second kappa shape index (κ2) is 7.70. The number of carbonyl (C=O) groups excluding carboxylic acids is 2. The van der Waals surface area contributed by atoms with Crippen LogP contribution >= 0.6 is 0 Å². The monoisotopic (exact) mass is 384 g/mol. The summed E-state index contributed by atoms with van der Waals surface area (Å²) >= 11 is 0. The van der Waals surface area contributed by atoms with Gasteiger partial charge in [-0.25, -0.2) is 0 Å². The summed E-state index contributed by atoms with van der Waals surface area (Å²) in [7, 11) is 0. The summed E-state index contributed by atoms with van der Waals surface area (Å²) in [6, 6.07) is 7.67. The molecule has 1 heterocycles. The first kappa shape index (κ1) is 20.0. The van der Waals surface area contributed by atoms with Gasteiger partial charge in [-0.3, -0.25) is 9.59 Å². The number of nitrogens with one attached hydrogen (secondary N) is 2. The molecule has 0 bridgehead atoms. The van der Waals surface area contributed by atoms with Crippen molar-refractivity contribution in [2.45, 2.75) is 39.5 Å². The molecular weight excluding hydrogens is 356 g/mol. The van der Waals surface area contributed by atoms with Gasteiger partial charge in [-0.05, 0) is 42.5 Å². The van der Waals surface area contributed by atoms with E-state index in [9.17, 15) is 9.59 Å². The van der Waals surface area contributed by atoms with Crippen molar-refractivity contribution in [3.63, 3.8) is 0 Å². The summed E-state index contributed by atoms with van der Waals surface area (Å²) in [4.78, 5) is 26.3. The molecule has 1 aliphatic heterocycles. The zero-order valence-electron chi connectivity index (χ0n) is 16.9. The standard InChI is InChI=1S/C22H28N2O4/c1-5-27-20(26)22(12-6-7-17-18(22)28-14-13-23-17)19(25)24-16-10-8-15(9-11-16)21(2,3)4/h6-11,23H,5,12-14H2,1-4H3,(H,24,25). The third kappa shape index (κ3) is 3.63. The molecule has 0 radical (unpaired) electrons. The molecule has 2 aliphatic rings. The molecule has 0 saturated carbocycles. The van der Waals surface area contributed by atoms with Gasteiger partial charge in [0.05, 0.1) is 12.3 Å². The zero-order valence-corrected chi connectivity index (χ0v) is 16.9. The van der Waals surface area contributed by atoms with Crippen molar-refractivity contribution >= 4 is 17.6 Å². The second-order valence-corrected chi connectivity index (χ2v) is 8.03. The van der Waals surface area contributed by atoms with Gasteiger partial charge < -0.3 is 20.1 Å². The first-order valence-corrected chi connectivity index (χ1v) is 9.66. The topological polar surface area (TPSA) is 76.7 Å². The molecule has 0 spiro atoms. The summed E-state index contributed by atoms with van der Waals surface area (Å²) in [5.41, 5.74) is 0.933. The minimum atomic E-state index is -1.53. The highest BCUT2D eigenvalue weighted by molar-refractivity contribution is 6.12. The largest absolute Gasteiger partial charge is 0.492 e. The maximum absolute atomic E-state index is 13.4. The van der Waals surface area contributed by atoms with Crippen LogP contribution in [0.4, 0.5) is 5.69 Å². The lowest BCUT2D eigenvalue weighted by Crippen LogP contribution is -2.50. The summed E-state index contributed by atoms with van der Waals surface area (Å²) in [5, 5.41) is 6.08. The molecule has 0 aromatic heterocycles. The Balaban J connectivity index is 1.93. The molecule has 3 rings (SSSR count). The van der Waals surface area contributed by atoms with Crippen molar-refractivity contribution in [2.75, 3.05) is 25.1 Å². The number of amides is 1. The molecule has 150 valence electrons. The highest BCUT2D eigenvalue weighted by Gasteiger charge is 2.54. The van der Waals surface area contributed by atoms with Crippen molar-refractivity contribution in [1.29, 1.82) is 0 Å². The van der Waals surface area contributed by atoms with Crippen molar-refractivity contribution in [2.24, 2.45) is 5.41 Å². The summed E-state index contributed by atoms with van der Waals surface area (Å²) in [5.74, 6) is -0.710. The van der Waals surface area contributed by atoms with Crippen LogP contribution in [0.1, 0.15) is 39.7 Å². The van der Waals surface area contributed by atoms with E-state index >= 15 is 0 Å². The maximum Gasteiger partial charge on any atom is 0.329 e. The first-order valence-electron chi connectivity index (χ1n) is 9.66. The normalized spacial score (nSPS) is 21.3. The lowest BCUT2D eigenvalue weighted by molar-refractivity contribution is -0.159. The third-order valence-corrected chi connectivity index (χ3v) is 5.03. The average Bonchev–Trinajstić information content (AvgIpc) is 2.67. The van der Waals surface area contributed by atoms with E-state index in [1.807, 2.05) is 30.3 Å². The predicted octanol–water partition coefficient (Wildman–Crippen LogP) is 3.26. The molecule has 1 aromatic rings. The van der Waals surface area contributed by atoms with E-state index in [2.05, 4.69) is 31.4 Å². The molecule has 6 heteroatoms. The third-order valence-electron chi connectivity index (χ3n) is 5.03. The number of rotatable bonds is 4. The number of hydrogen-bond donors (Lipinski definition) is 2. The van der Waals surface area contributed by atoms with E-state index in [0.717, 1.165) is 5.56 Å². The van der Waals surface area contributed by atoms with Crippen LogP contribution in [-0.4, -0.2) is 31.6 Å². The lowest BCUT2D eigenvalue weighted by Gasteiger charge is -2.36. The quantitative estimate of drug-likeness (QED) is 0.615. The maximum atomic E-state index is 13.4. The molecule has 0 saturated heterocycles. The van der Waals surface area contributed by atoms with E-state index in [1.165, 1.54) is 0 Å². The Hall–Kier alpha value is -2.76. The van der Waals surface area contributed by atoms with Gasteiger partial charge in [-0.15, -0.1) is 0 Å². The van der Waals surface area contributed by atoms with Gasteiger partial charge in [0.2, 0.25) is 11.3 Å². The van der Waals surface area contributed by atoms with Crippen molar-refractivity contribution in [1.82, 2.24) is 5.32 Å². The van der Waals surface area contributed by atoms with E-state index in [-0.39, 0.29) is 18.4 Å². The van der Waals surface area contributed by atoms with Crippen LogP contribution in [0.3, 0.4) is 0 Å². The van der Waals surface area contributed by atoms with Crippen LogP contribution in [0, 0.1) is 5.41 Å². The molecular formula is C22H28N2O4. The van der Waals surface area contributed by atoms with E-state index in [4.69, 9.17) is 9.47 Å². The van der Waals surface area contributed by atoms with Crippen molar-refractivity contribution < 1.29 is 19.1 Å². The summed E-state index contributed by atoms with van der Waals surface area (Å²) < 4.78 is 11.1. The van der Waals surface area contributed by atoms with Crippen LogP contribution in [0.5, 0.6) is 0 Å². The smallest absolute Gasteiger partial charge is 0.329 e. The van der Waals surface area contributed by atoms with Gasteiger partial charge in [-0.1, -0.05) is 39.0 Å². The van der Waals surface area contributed by atoms with Gasteiger partial charge in [0.25, 0.3) is 0 Å². The number of anilines is 1. The van der Waals surface area contributed by atoms with Crippen molar-refractivity contribution in [3.8, 4) is 0 Å². The van der Waals surface area contributed by atoms with Crippen LogP contribution in [0.2, 0.25) is 0 Å². The number of benzene rings is 1. The van der Waals surface area contributed by atoms with Gasteiger partial charge >= 0.3 is 5.97 Å². The average molecular weight is 384 g/mol. The van der Waals surface area contributed by atoms with Crippen LogP contribution in [-0.2, 0) is 24.5 Å². The predicted molar refractivity (Wildman–Crippen MR) is 108 cm³/mol. The zero-order chi connectivity index (χ0) is 20.4. The molecule has 1 amide bonds. The Morgan fingerprint density at radius 1 is 1.25 bits per heavy atom. The fraction of sp³-hybridized carbons (Fsp3) is 0.455. The molecule has 1 unspecified atom stereocenters. The molecule has 1 aliphatic carbocycles. The van der Waals surface area contributed by atoms with Gasteiger partial charge in [0.1, 0.15) is 12.4 Å². The Morgan fingerprint density at radius 2 is 1.96 bits per heavy atom. The van der Waals surface area contributed by atoms with Crippen molar-refractivity contribution in [3.05, 3.63) is 53.4 Å². The molecule has 28 heavy (non-hydrogen) atoms. The van der Waals surface area contributed by atoms with E-state index in [0.29, 0.717) is 30.3 Å². The Morgan fingerprint density at radius 3 is 2.61 bits per heavy atom. The highest BCUT2D eigenvalue weighted by atomic mass is 16.5. The van der Waals surface area contributed by atoms with Gasteiger partial charge in [0.15, 0.2) is 0 Å². The number of ether oxygens (including phenoxy) is 2. The molecule has 2 N–H and O–H groups in total. The summed E-state index contributed by atoms with van der Waals surface area (Å²) in [6.45, 7) is 9.32. The Labute approximate surface area is 166 Å². The minimum absolute atomic E-state index is 0.0180. The minimum Gasteiger partial charge on any atom is -0.492 e. The van der Waals surface area contributed by atoms with Crippen LogP contribution in [0.15, 0.2) is 47.9 Å². The van der Waals surface area contributed by atoms with Gasteiger partial charge in [0, 0.05) is 12.2 Å². The lowest BCUT2D eigenvalue weighted by atomic mass is 9.77. The molecule has 6 nitrogen and oxygen atoms in total. The Kier molecular flexibility index (Phi) is 5.49. The fourth-order valence-corrected chi connectivity index (χ4v) is 3.44. The first-order chi connectivity index (χ1) is 13.3. The molecule has 1 atom stereocenters. The highest BCUT2D eigenvalue weighted by Crippen LogP contribution is 2.41. The Bertz CT molecular complexity index is 818. The second-order valence-electron chi connectivity index (χ2n) is 8.03. The number of carbonyl (C=O) groups is 2. The number of hydrogen-bond acceptors (Lipinski definition) is 5. The van der Waals surface area contributed by atoms with Crippen LogP contribution < -0.4 is 10.6 Å². The van der Waals surface area contributed by atoms with Crippen LogP contribution in [0.25, 0.3) is 0 Å². The van der Waals surface area contributed by atoms with E-state index in [1.54, 1.807) is 13.0 Å². The van der Waals surface area contributed by atoms with E-state index < -0.39 is 17.3 Å². The molecule has 0 fully saturated rings. The fourth-order valence-electron chi connectivity index (χ4n) is 3.44. The molecule has 1 aromatic carbocycles. The number of allylic oxidation sites excluding steroid dienone is 2. The van der Waals surface area contributed by atoms with Gasteiger partial charge in [-0.2, -0.15) is 0 Å². The summed E-state index contributed by atoms with van der Waals surface area (Å²) in [6.07, 6.45) is 3.84.